The first-order valence-electron chi connectivity index (χ1n) is 11.0. The number of hydrogen-bond acceptors (Lipinski definition) is 5. The lowest BCUT2D eigenvalue weighted by molar-refractivity contribution is 0.000187. The van der Waals surface area contributed by atoms with Gasteiger partial charge in [-0.05, 0) is 58.7 Å². The summed E-state index contributed by atoms with van der Waals surface area (Å²) in [5, 5.41) is 0. The first-order chi connectivity index (χ1) is 17.0. The van der Waals surface area contributed by atoms with Crippen LogP contribution in [0.5, 0.6) is 17.2 Å². The largest absolute Gasteiger partial charge is 0.497 e. The first-order valence-corrected chi connectivity index (χ1v) is 12.3. The summed E-state index contributed by atoms with van der Waals surface area (Å²) in [5.41, 5.74) is 2.80. The van der Waals surface area contributed by atoms with Crippen LogP contribution in [0.25, 0.3) is 0 Å². The maximum atomic E-state index is 11.0. The Morgan fingerprint density at radius 1 is 0.657 bits per heavy atom. The molecule has 0 saturated carbocycles. The van der Waals surface area contributed by atoms with Crippen molar-refractivity contribution in [3.05, 3.63) is 125 Å². The molecular weight excluding hydrogens is 463 g/mol. The molecule has 180 valence electrons. The van der Waals surface area contributed by atoms with Crippen molar-refractivity contribution in [2.45, 2.75) is 12.2 Å². The summed E-state index contributed by atoms with van der Waals surface area (Å²) in [5.74, 6) is 1.84. The summed E-state index contributed by atoms with van der Waals surface area (Å²) in [7, 11) is 0.224. The lowest BCUT2D eigenvalue weighted by atomic mass is 9.80. The molecule has 1 N–H and O–H groups in total. The lowest BCUT2D eigenvalue weighted by Gasteiger charge is -2.36. The van der Waals surface area contributed by atoms with E-state index >= 15 is 0 Å². The molecule has 0 bridgehead atoms. The van der Waals surface area contributed by atoms with Crippen LogP contribution in [0.3, 0.4) is 0 Å². The highest BCUT2D eigenvalue weighted by Crippen LogP contribution is 2.42. The van der Waals surface area contributed by atoms with Gasteiger partial charge in [0.15, 0.2) is 0 Å². The zero-order valence-electron chi connectivity index (χ0n) is 19.5. The molecule has 0 spiro atoms. The first kappa shape index (κ1) is 24.6. The maximum Gasteiger partial charge on any atom is 0.365 e. The summed E-state index contributed by atoms with van der Waals surface area (Å²) in [6, 6.07) is 32.7. The van der Waals surface area contributed by atoms with E-state index in [1.54, 1.807) is 26.4 Å². The maximum absolute atomic E-state index is 11.0. The van der Waals surface area contributed by atoms with Crippen molar-refractivity contribution in [3.8, 4) is 17.2 Å². The molecule has 0 saturated heterocycles. The number of benzene rings is 4. The van der Waals surface area contributed by atoms with Crippen LogP contribution in [0.1, 0.15) is 22.3 Å². The van der Waals surface area contributed by atoms with Crippen molar-refractivity contribution in [1.82, 2.24) is 0 Å². The Morgan fingerprint density at radius 2 is 1.11 bits per heavy atom. The van der Waals surface area contributed by atoms with Gasteiger partial charge in [0.25, 0.3) is 0 Å². The number of hydrogen-bond donors (Lipinski definition) is 1. The average Bonchev–Trinajstić information content (AvgIpc) is 2.91. The van der Waals surface area contributed by atoms with Gasteiger partial charge in [0.1, 0.15) is 22.8 Å². The Morgan fingerprint density at radius 3 is 1.57 bits per heavy atom. The van der Waals surface area contributed by atoms with Crippen LogP contribution in [0.4, 0.5) is 0 Å². The number of ether oxygens (including phenoxy) is 3. The molecule has 1 unspecified atom stereocenters. The second-order valence-corrected chi connectivity index (χ2v) is 8.54. The molecule has 6 nitrogen and oxygen atoms in total. The molecule has 0 radical (unpaired) electrons. The Hall–Kier alpha value is -3.57. The van der Waals surface area contributed by atoms with Gasteiger partial charge in [-0.25, -0.2) is 4.57 Å². The molecule has 7 heteroatoms. The van der Waals surface area contributed by atoms with Gasteiger partial charge in [-0.15, -0.1) is 0 Å². The smallest absolute Gasteiger partial charge is 0.365 e. The van der Waals surface area contributed by atoms with Crippen LogP contribution in [0, 0.1) is 0 Å². The van der Waals surface area contributed by atoms with Crippen LogP contribution in [-0.4, -0.2) is 19.1 Å². The molecule has 35 heavy (non-hydrogen) atoms. The van der Waals surface area contributed by atoms with Crippen molar-refractivity contribution < 1.29 is 28.2 Å². The third-order valence-electron chi connectivity index (χ3n) is 5.76. The Bertz CT molecular complexity index is 1190. The predicted octanol–water partition coefficient (Wildman–Crippen LogP) is 5.97. The fraction of sp³-hybridized carbons (Fsp3) is 0.143. The van der Waals surface area contributed by atoms with Crippen LogP contribution < -0.4 is 14.0 Å². The Balaban J connectivity index is 1.80. The van der Waals surface area contributed by atoms with Crippen molar-refractivity contribution >= 4 is 8.25 Å². The summed E-state index contributed by atoms with van der Waals surface area (Å²) >= 11 is 0. The molecule has 4 aromatic rings. The quantitative estimate of drug-likeness (QED) is 0.218. The molecule has 0 aliphatic carbocycles. The minimum absolute atomic E-state index is 0.279. The number of methoxy groups -OCH3 is 2. The lowest BCUT2D eigenvalue weighted by Crippen LogP contribution is -2.32. The molecule has 0 heterocycles. The molecule has 0 aromatic heterocycles. The van der Waals surface area contributed by atoms with E-state index in [0.29, 0.717) is 5.75 Å². The zero-order valence-corrected chi connectivity index (χ0v) is 20.5. The molecule has 4 aromatic carbocycles. The summed E-state index contributed by atoms with van der Waals surface area (Å²) < 4.78 is 33.5. The predicted molar refractivity (Wildman–Crippen MR) is 135 cm³/mol. The summed E-state index contributed by atoms with van der Waals surface area (Å²) in [6.07, 6.45) is 0. The van der Waals surface area contributed by atoms with E-state index in [1.165, 1.54) is 0 Å². The minimum atomic E-state index is -3.05. The van der Waals surface area contributed by atoms with E-state index in [0.717, 1.165) is 33.8 Å². The summed E-state index contributed by atoms with van der Waals surface area (Å²) in [6.45, 7) is 0.279. The highest BCUT2D eigenvalue weighted by Gasteiger charge is 2.37. The molecule has 0 amide bonds. The van der Waals surface area contributed by atoms with E-state index < -0.39 is 13.9 Å². The van der Waals surface area contributed by atoms with Crippen molar-refractivity contribution in [2.75, 3.05) is 14.2 Å². The Kier molecular flexibility index (Phi) is 7.88. The fourth-order valence-electron chi connectivity index (χ4n) is 4.02. The SMILES string of the molecule is COc1ccc(C(OCc2ccc(O[PH](=O)O)cc2)(c2ccccc2)c2ccc(OC)cc2)cc1. The third-order valence-corrected chi connectivity index (χ3v) is 6.17. The number of rotatable bonds is 10. The highest BCUT2D eigenvalue weighted by atomic mass is 31.1. The monoisotopic (exact) mass is 490 g/mol. The average molecular weight is 490 g/mol. The van der Waals surface area contributed by atoms with Crippen molar-refractivity contribution in [3.63, 3.8) is 0 Å². The normalized spacial score (nSPS) is 12.1. The zero-order chi connectivity index (χ0) is 24.7. The molecule has 0 fully saturated rings. The van der Waals surface area contributed by atoms with Gasteiger partial charge in [0.05, 0.1) is 20.8 Å². The molecule has 0 aliphatic rings. The van der Waals surface area contributed by atoms with Gasteiger partial charge in [-0.1, -0.05) is 66.7 Å². The van der Waals surface area contributed by atoms with E-state index in [-0.39, 0.29) is 6.61 Å². The fourth-order valence-corrected chi connectivity index (χ4v) is 4.36. The second kappa shape index (κ2) is 11.2. The van der Waals surface area contributed by atoms with Gasteiger partial charge >= 0.3 is 8.25 Å². The van der Waals surface area contributed by atoms with Gasteiger partial charge in [-0.2, -0.15) is 0 Å². The molecule has 4 rings (SSSR count). The minimum Gasteiger partial charge on any atom is -0.497 e. The van der Waals surface area contributed by atoms with Gasteiger partial charge in [-0.3, -0.25) is 0 Å². The van der Waals surface area contributed by atoms with Gasteiger partial charge in [0, 0.05) is 0 Å². The van der Waals surface area contributed by atoms with E-state index in [4.69, 9.17) is 23.6 Å². The molecule has 1 atom stereocenters. The van der Waals surface area contributed by atoms with Crippen molar-refractivity contribution in [2.24, 2.45) is 0 Å². The second-order valence-electron chi connectivity index (χ2n) is 7.80. The Labute approximate surface area is 205 Å². The van der Waals surface area contributed by atoms with Gasteiger partial charge in [0.2, 0.25) is 0 Å². The van der Waals surface area contributed by atoms with Crippen molar-refractivity contribution in [1.29, 1.82) is 0 Å². The van der Waals surface area contributed by atoms with E-state index in [2.05, 4.69) is 0 Å². The van der Waals surface area contributed by atoms with Crippen LogP contribution in [0.2, 0.25) is 0 Å². The third kappa shape index (κ3) is 5.57. The standard InChI is InChI=1S/C28H27O6P/c1-31-25-16-10-23(11-17-25)28(22-6-4-3-5-7-22,24-12-18-26(32-2)19-13-24)33-20-21-8-14-27(15-9-21)34-35(29)30/h3-19,35H,20H2,1-2H3,(H,29,30). The van der Waals surface area contributed by atoms with Crippen LogP contribution in [0.15, 0.2) is 103 Å². The molecule has 0 aliphatic heterocycles. The van der Waals surface area contributed by atoms with E-state index in [1.807, 2.05) is 91.0 Å². The highest BCUT2D eigenvalue weighted by molar-refractivity contribution is 7.32. The van der Waals surface area contributed by atoms with E-state index in [9.17, 15) is 4.57 Å². The van der Waals surface area contributed by atoms with Crippen LogP contribution in [-0.2, 0) is 21.5 Å². The molecular formula is C28H27O6P. The van der Waals surface area contributed by atoms with Crippen LogP contribution >= 0.6 is 8.25 Å². The topological polar surface area (TPSA) is 74.2 Å². The summed E-state index contributed by atoms with van der Waals surface area (Å²) in [4.78, 5) is 9.02. The van der Waals surface area contributed by atoms with Gasteiger partial charge < -0.3 is 23.6 Å².